The summed E-state index contributed by atoms with van der Waals surface area (Å²) in [7, 11) is 0. The molecule has 0 unspecified atom stereocenters. The van der Waals surface area contributed by atoms with Crippen LogP contribution < -0.4 is 0 Å². The Hall–Kier alpha value is -1.98. The summed E-state index contributed by atoms with van der Waals surface area (Å²) < 4.78 is 13.5. The molecular weight excluding hydrogens is 283 g/mol. The molecule has 104 valence electrons. The Morgan fingerprint density at radius 3 is 2.90 bits per heavy atom. The van der Waals surface area contributed by atoms with Gasteiger partial charge in [0.15, 0.2) is 0 Å². The molecule has 2 rings (SSSR count). The zero-order valence-electron chi connectivity index (χ0n) is 10.6. The minimum atomic E-state index is -0.526. The largest absolute Gasteiger partial charge is 0.505 e. The highest BCUT2D eigenvalue weighted by Gasteiger charge is 2.09. The van der Waals surface area contributed by atoms with Gasteiger partial charge in [-0.2, -0.15) is 0 Å². The van der Waals surface area contributed by atoms with E-state index < -0.39 is 5.82 Å². The maximum absolute atomic E-state index is 13.5. The van der Waals surface area contributed by atoms with Gasteiger partial charge in [0.2, 0.25) is 0 Å². The van der Waals surface area contributed by atoms with E-state index in [0.717, 1.165) is 0 Å². The molecule has 0 aliphatic carbocycles. The van der Waals surface area contributed by atoms with Crippen molar-refractivity contribution in [1.82, 2.24) is 4.98 Å². The van der Waals surface area contributed by atoms with Gasteiger partial charge in [0.05, 0.1) is 12.3 Å². The summed E-state index contributed by atoms with van der Waals surface area (Å²) in [5.41, 5.74) is 1.16. The third-order valence-corrected chi connectivity index (χ3v) is 3.00. The van der Waals surface area contributed by atoms with Gasteiger partial charge in [-0.05, 0) is 25.1 Å². The maximum atomic E-state index is 13.5. The predicted molar refractivity (Wildman–Crippen MR) is 75.2 cm³/mol. The van der Waals surface area contributed by atoms with Crippen LogP contribution >= 0.6 is 11.6 Å². The first kappa shape index (κ1) is 14.4. The van der Waals surface area contributed by atoms with Crippen LogP contribution in [0.1, 0.15) is 16.8 Å². The SMILES string of the molecule is Cc1ncc(CO)c(C=Nc2cc(Cl)ccc2F)c1O. The number of rotatable bonds is 3. The van der Waals surface area contributed by atoms with Gasteiger partial charge in [0.25, 0.3) is 0 Å². The molecule has 2 N–H and O–H groups in total. The molecule has 0 bridgehead atoms. The molecule has 1 aromatic carbocycles. The summed E-state index contributed by atoms with van der Waals surface area (Å²) in [5, 5.41) is 19.5. The van der Waals surface area contributed by atoms with Crippen molar-refractivity contribution in [3.8, 4) is 5.75 Å². The second kappa shape index (κ2) is 5.98. The molecule has 0 aliphatic rings. The third-order valence-electron chi connectivity index (χ3n) is 2.77. The summed E-state index contributed by atoms with van der Waals surface area (Å²) in [6.07, 6.45) is 2.72. The number of nitrogens with zero attached hydrogens (tertiary/aromatic N) is 2. The van der Waals surface area contributed by atoms with Crippen molar-refractivity contribution in [1.29, 1.82) is 0 Å². The zero-order chi connectivity index (χ0) is 14.7. The van der Waals surface area contributed by atoms with E-state index in [1.165, 1.54) is 30.6 Å². The second-order valence-corrected chi connectivity index (χ2v) is 4.58. The first-order chi connectivity index (χ1) is 9.52. The molecule has 0 aliphatic heterocycles. The van der Waals surface area contributed by atoms with Crippen LogP contribution in [-0.4, -0.2) is 21.4 Å². The Balaban J connectivity index is 2.46. The lowest BCUT2D eigenvalue weighted by Gasteiger charge is -2.07. The van der Waals surface area contributed by atoms with Crippen LogP contribution in [0.3, 0.4) is 0 Å². The molecule has 4 nitrogen and oxygen atoms in total. The van der Waals surface area contributed by atoms with Gasteiger partial charge in [-0.3, -0.25) is 9.98 Å². The van der Waals surface area contributed by atoms with E-state index in [0.29, 0.717) is 21.8 Å². The monoisotopic (exact) mass is 294 g/mol. The molecule has 1 aromatic heterocycles. The van der Waals surface area contributed by atoms with Gasteiger partial charge < -0.3 is 10.2 Å². The third kappa shape index (κ3) is 2.95. The van der Waals surface area contributed by atoms with Crippen LogP contribution in [0, 0.1) is 12.7 Å². The van der Waals surface area contributed by atoms with Gasteiger partial charge in [0, 0.05) is 28.6 Å². The Labute approximate surface area is 120 Å². The number of aliphatic hydroxyl groups is 1. The number of aromatic hydroxyl groups is 1. The van der Waals surface area contributed by atoms with Crippen molar-refractivity contribution in [2.45, 2.75) is 13.5 Å². The Morgan fingerprint density at radius 1 is 1.45 bits per heavy atom. The molecular formula is C14H12ClFN2O2. The Bertz CT molecular complexity index is 674. The summed E-state index contributed by atoms with van der Waals surface area (Å²) in [6.45, 7) is 1.31. The average Bonchev–Trinajstić information content (AvgIpc) is 2.44. The smallest absolute Gasteiger partial charge is 0.148 e. The van der Waals surface area contributed by atoms with Crippen molar-refractivity contribution in [3.05, 3.63) is 52.1 Å². The highest BCUT2D eigenvalue weighted by Crippen LogP contribution is 2.25. The quantitative estimate of drug-likeness (QED) is 0.855. The lowest BCUT2D eigenvalue weighted by Crippen LogP contribution is -1.97. The van der Waals surface area contributed by atoms with Crippen molar-refractivity contribution < 1.29 is 14.6 Å². The Morgan fingerprint density at radius 2 is 2.20 bits per heavy atom. The van der Waals surface area contributed by atoms with E-state index in [4.69, 9.17) is 11.6 Å². The van der Waals surface area contributed by atoms with Crippen molar-refractivity contribution in [2.24, 2.45) is 4.99 Å². The first-order valence-corrected chi connectivity index (χ1v) is 6.18. The molecule has 0 fully saturated rings. The molecule has 0 spiro atoms. The summed E-state index contributed by atoms with van der Waals surface area (Å²) in [6, 6.07) is 4.00. The number of hydrogen-bond donors (Lipinski definition) is 2. The molecule has 6 heteroatoms. The van der Waals surface area contributed by atoms with E-state index in [9.17, 15) is 14.6 Å². The minimum absolute atomic E-state index is 0.0512. The molecule has 0 radical (unpaired) electrons. The van der Waals surface area contributed by atoms with E-state index in [2.05, 4.69) is 9.98 Å². The number of aliphatic imine (C=N–C) groups is 1. The van der Waals surface area contributed by atoms with E-state index >= 15 is 0 Å². The van der Waals surface area contributed by atoms with Gasteiger partial charge >= 0.3 is 0 Å². The summed E-state index contributed by atoms with van der Waals surface area (Å²) in [5.74, 6) is -0.621. The number of benzene rings is 1. The van der Waals surface area contributed by atoms with Gasteiger partial charge in [-0.15, -0.1) is 0 Å². The number of pyridine rings is 1. The lowest BCUT2D eigenvalue weighted by atomic mass is 10.1. The summed E-state index contributed by atoms with van der Waals surface area (Å²) >= 11 is 5.77. The number of aromatic nitrogens is 1. The minimum Gasteiger partial charge on any atom is -0.505 e. The molecule has 0 saturated heterocycles. The molecule has 20 heavy (non-hydrogen) atoms. The Kier molecular flexibility index (Phi) is 4.32. The highest BCUT2D eigenvalue weighted by atomic mass is 35.5. The molecule has 0 saturated carbocycles. The maximum Gasteiger partial charge on any atom is 0.148 e. The van der Waals surface area contributed by atoms with Crippen LogP contribution in [0.4, 0.5) is 10.1 Å². The highest BCUT2D eigenvalue weighted by molar-refractivity contribution is 6.30. The van der Waals surface area contributed by atoms with Crippen LogP contribution in [0.2, 0.25) is 5.02 Å². The molecule has 0 atom stereocenters. The van der Waals surface area contributed by atoms with Crippen molar-refractivity contribution >= 4 is 23.5 Å². The van der Waals surface area contributed by atoms with Crippen LogP contribution in [-0.2, 0) is 6.61 Å². The number of aliphatic hydroxyl groups excluding tert-OH is 1. The second-order valence-electron chi connectivity index (χ2n) is 4.14. The van der Waals surface area contributed by atoms with Gasteiger partial charge in [-0.1, -0.05) is 11.6 Å². The standard InChI is InChI=1S/C14H12ClFN2O2/c1-8-14(20)11(9(7-19)5-17-8)6-18-13-4-10(15)2-3-12(13)16/h2-6,19-20H,7H2,1H3. The molecule has 2 aromatic rings. The number of hydrogen-bond acceptors (Lipinski definition) is 4. The fourth-order valence-corrected chi connectivity index (χ4v) is 1.81. The average molecular weight is 295 g/mol. The zero-order valence-corrected chi connectivity index (χ0v) is 11.4. The number of aryl methyl sites for hydroxylation is 1. The van der Waals surface area contributed by atoms with E-state index in [1.807, 2.05) is 0 Å². The van der Waals surface area contributed by atoms with Crippen LogP contribution in [0.5, 0.6) is 5.75 Å². The van der Waals surface area contributed by atoms with Gasteiger partial charge in [0.1, 0.15) is 17.3 Å². The van der Waals surface area contributed by atoms with Gasteiger partial charge in [-0.25, -0.2) is 4.39 Å². The molecule has 0 amide bonds. The first-order valence-electron chi connectivity index (χ1n) is 5.80. The van der Waals surface area contributed by atoms with E-state index in [-0.39, 0.29) is 18.0 Å². The van der Waals surface area contributed by atoms with Crippen molar-refractivity contribution in [2.75, 3.05) is 0 Å². The predicted octanol–water partition coefficient (Wildman–Crippen LogP) is 3.13. The summed E-state index contributed by atoms with van der Waals surface area (Å²) in [4.78, 5) is 7.89. The topological polar surface area (TPSA) is 65.7 Å². The molecule has 1 heterocycles. The number of halogens is 2. The van der Waals surface area contributed by atoms with Crippen LogP contribution in [0.25, 0.3) is 0 Å². The normalized spacial score (nSPS) is 11.2. The van der Waals surface area contributed by atoms with Crippen molar-refractivity contribution in [3.63, 3.8) is 0 Å². The lowest BCUT2D eigenvalue weighted by molar-refractivity contribution is 0.280. The van der Waals surface area contributed by atoms with E-state index in [1.54, 1.807) is 6.92 Å². The fourth-order valence-electron chi connectivity index (χ4n) is 1.64. The van der Waals surface area contributed by atoms with Crippen LogP contribution in [0.15, 0.2) is 29.4 Å². The fraction of sp³-hybridized carbons (Fsp3) is 0.143.